The lowest BCUT2D eigenvalue weighted by Crippen LogP contribution is -2.26. The van der Waals surface area contributed by atoms with Crippen molar-refractivity contribution in [1.82, 2.24) is 29.9 Å². The minimum Gasteiger partial charge on any atom is -0.208 e. The van der Waals surface area contributed by atoms with Crippen LogP contribution in [0, 0.1) is 0 Å². The Hall–Kier alpha value is -6.31. The number of hydrogen-bond donors (Lipinski definition) is 0. The SMILES string of the molecule is CCC1(C)c2ccccc2Sc2cc(-c3nc(-c4ccccc4)nc(-c4ccc(-c5nc(-c6ccccc6)nc(-c6ccccc6)n5)cc4)n3)ccc21. The van der Waals surface area contributed by atoms with E-state index in [0.29, 0.717) is 34.9 Å². The van der Waals surface area contributed by atoms with Crippen LogP contribution in [0.1, 0.15) is 31.4 Å². The van der Waals surface area contributed by atoms with E-state index < -0.39 is 0 Å². The van der Waals surface area contributed by atoms with Gasteiger partial charge in [-0.2, -0.15) is 0 Å². The second kappa shape index (κ2) is 13.7. The molecule has 7 heteroatoms. The van der Waals surface area contributed by atoms with Gasteiger partial charge in [0.2, 0.25) is 0 Å². The molecule has 3 heterocycles. The Bertz CT molecular complexity index is 2520. The highest BCUT2D eigenvalue weighted by Gasteiger charge is 2.35. The molecule has 0 N–H and O–H groups in total. The van der Waals surface area contributed by atoms with Gasteiger partial charge in [-0.05, 0) is 29.7 Å². The highest BCUT2D eigenvalue weighted by atomic mass is 32.2. The van der Waals surface area contributed by atoms with Gasteiger partial charge in [0.25, 0.3) is 0 Å². The van der Waals surface area contributed by atoms with Crippen LogP contribution in [0.15, 0.2) is 168 Å². The molecule has 1 unspecified atom stereocenters. The largest absolute Gasteiger partial charge is 0.208 e. The average molecular weight is 703 g/mol. The molecule has 53 heavy (non-hydrogen) atoms. The summed E-state index contributed by atoms with van der Waals surface area (Å²) in [6, 6.07) is 53.6. The zero-order valence-corrected chi connectivity index (χ0v) is 30.1. The molecule has 0 saturated carbocycles. The van der Waals surface area contributed by atoms with Gasteiger partial charge in [-0.25, -0.2) is 29.9 Å². The molecule has 1 aliphatic rings. The van der Waals surface area contributed by atoms with Gasteiger partial charge >= 0.3 is 0 Å². The highest BCUT2D eigenvalue weighted by Crippen LogP contribution is 2.51. The molecule has 1 atom stereocenters. The summed E-state index contributed by atoms with van der Waals surface area (Å²) in [5, 5.41) is 0. The molecule has 0 radical (unpaired) electrons. The van der Waals surface area contributed by atoms with Crippen molar-refractivity contribution in [2.75, 3.05) is 0 Å². The fraction of sp³-hybridized carbons (Fsp3) is 0.0870. The van der Waals surface area contributed by atoms with Crippen LogP contribution in [0.5, 0.6) is 0 Å². The zero-order chi connectivity index (χ0) is 35.8. The molecule has 254 valence electrons. The average Bonchev–Trinajstić information content (AvgIpc) is 3.24. The number of fused-ring (bicyclic) bond motifs is 2. The summed E-state index contributed by atoms with van der Waals surface area (Å²) in [7, 11) is 0. The maximum Gasteiger partial charge on any atom is 0.164 e. The first-order chi connectivity index (χ1) is 26.1. The maximum atomic E-state index is 5.09. The number of benzene rings is 6. The summed E-state index contributed by atoms with van der Waals surface area (Å²) < 4.78 is 0. The Balaban J connectivity index is 1.12. The smallest absolute Gasteiger partial charge is 0.164 e. The summed E-state index contributed by atoms with van der Waals surface area (Å²) in [6.07, 6.45) is 1.01. The molecule has 0 spiro atoms. The van der Waals surface area contributed by atoms with Crippen LogP contribution in [0.4, 0.5) is 0 Å². The summed E-state index contributed by atoms with van der Waals surface area (Å²) in [5.41, 5.74) is 8.14. The van der Waals surface area contributed by atoms with Gasteiger partial charge in [0.05, 0.1) is 0 Å². The van der Waals surface area contributed by atoms with Gasteiger partial charge < -0.3 is 0 Å². The van der Waals surface area contributed by atoms with E-state index in [1.807, 2.05) is 127 Å². The third-order valence-corrected chi connectivity index (χ3v) is 11.1. The molecule has 6 nitrogen and oxygen atoms in total. The molecular formula is C46H34N6S. The predicted molar refractivity (Wildman–Crippen MR) is 213 cm³/mol. The number of nitrogens with zero attached hydrogens (tertiary/aromatic N) is 6. The molecule has 1 aliphatic heterocycles. The van der Waals surface area contributed by atoms with Gasteiger partial charge in [-0.15, -0.1) is 0 Å². The number of rotatable bonds is 7. The topological polar surface area (TPSA) is 77.3 Å². The van der Waals surface area contributed by atoms with Crippen molar-refractivity contribution >= 4 is 11.8 Å². The molecule has 2 aromatic heterocycles. The van der Waals surface area contributed by atoms with Crippen molar-refractivity contribution < 1.29 is 0 Å². The van der Waals surface area contributed by atoms with Crippen LogP contribution >= 0.6 is 11.8 Å². The first-order valence-corrected chi connectivity index (χ1v) is 18.6. The predicted octanol–water partition coefficient (Wildman–Crippen LogP) is 11.2. The minimum atomic E-state index is -0.0703. The second-order valence-electron chi connectivity index (χ2n) is 13.3. The Morgan fingerprint density at radius 2 is 0.717 bits per heavy atom. The first kappa shape index (κ1) is 32.6. The van der Waals surface area contributed by atoms with Crippen LogP contribution < -0.4 is 0 Å². The number of aromatic nitrogens is 6. The third kappa shape index (κ3) is 6.19. The van der Waals surface area contributed by atoms with Crippen molar-refractivity contribution in [3.63, 3.8) is 0 Å². The van der Waals surface area contributed by atoms with Crippen LogP contribution in [0.25, 0.3) is 68.3 Å². The Kier molecular flexibility index (Phi) is 8.41. The Morgan fingerprint density at radius 3 is 1.15 bits per heavy atom. The highest BCUT2D eigenvalue weighted by molar-refractivity contribution is 7.99. The van der Waals surface area contributed by atoms with Gasteiger partial charge in [0.15, 0.2) is 34.9 Å². The molecule has 8 aromatic rings. The normalized spacial score (nSPS) is 14.7. The van der Waals surface area contributed by atoms with E-state index in [4.69, 9.17) is 29.9 Å². The fourth-order valence-corrected chi connectivity index (χ4v) is 8.29. The molecule has 0 fully saturated rings. The monoisotopic (exact) mass is 702 g/mol. The Morgan fingerprint density at radius 1 is 0.377 bits per heavy atom. The quantitative estimate of drug-likeness (QED) is 0.164. The van der Waals surface area contributed by atoms with E-state index >= 15 is 0 Å². The van der Waals surface area contributed by atoms with E-state index in [0.717, 1.165) is 39.8 Å². The van der Waals surface area contributed by atoms with Crippen LogP contribution in [-0.2, 0) is 5.41 Å². The molecule has 0 amide bonds. The Labute approximate surface area is 313 Å². The minimum absolute atomic E-state index is 0.0703. The fourth-order valence-electron chi connectivity index (χ4n) is 6.91. The van der Waals surface area contributed by atoms with Crippen molar-refractivity contribution in [2.45, 2.75) is 35.5 Å². The van der Waals surface area contributed by atoms with E-state index in [9.17, 15) is 0 Å². The van der Waals surface area contributed by atoms with Gasteiger partial charge in [-0.3, -0.25) is 0 Å². The molecule has 0 bridgehead atoms. The summed E-state index contributed by atoms with van der Waals surface area (Å²) in [6.45, 7) is 4.62. The zero-order valence-electron chi connectivity index (χ0n) is 29.3. The maximum absolute atomic E-state index is 5.09. The lowest BCUT2D eigenvalue weighted by atomic mass is 9.73. The van der Waals surface area contributed by atoms with Crippen molar-refractivity contribution in [3.05, 3.63) is 169 Å². The standard InChI is InChI=1S/C46H34N6S/c1-3-46(2)36-21-13-14-22-38(36)53-39-29-35(27-28-37(39)46)45-51-42(32-19-11-6-12-20-32)50-44(52-45)34-25-23-33(24-26-34)43-48-40(30-15-7-4-8-16-30)47-41(49-43)31-17-9-5-10-18-31/h4-29H,3H2,1-2H3. The van der Waals surface area contributed by atoms with E-state index in [1.165, 1.54) is 20.9 Å². The van der Waals surface area contributed by atoms with Crippen molar-refractivity contribution in [1.29, 1.82) is 0 Å². The van der Waals surface area contributed by atoms with Crippen molar-refractivity contribution in [2.24, 2.45) is 0 Å². The van der Waals surface area contributed by atoms with Crippen LogP contribution in [0.3, 0.4) is 0 Å². The van der Waals surface area contributed by atoms with Crippen LogP contribution in [-0.4, -0.2) is 29.9 Å². The second-order valence-corrected chi connectivity index (χ2v) is 14.4. The van der Waals surface area contributed by atoms with Crippen LogP contribution in [0.2, 0.25) is 0 Å². The molecule has 6 aromatic carbocycles. The van der Waals surface area contributed by atoms with Gasteiger partial charge in [0.1, 0.15) is 0 Å². The number of hydrogen-bond acceptors (Lipinski definition) is 7. The molecular weight excluding hydrogens is 669 g/mol. The molecule has 0 aliphatic carbocycles. The van der Waals surface area contributed by atoms with Gasteiger partial charge in [0, 0.05) is 48.6 Å². The lowest BCUT2D eigenvalue weighted by molar-refractivity contribution is 0.525. The lowest BCUT2D eigenvalue weighted by Gasteiger charge is -2.37. The molecule has 0 saturated heterocycles. The van der Waals surface area contributed by atoms with E-state index in [1.54, 1.807) is 0 Å². The van der Waals surface area contributed by atoms with Crippen molar-refractivity contribution in [3.8, 4) is 68.3 Å². The van der Waals surface area contributed by atoms with E-state index in [2.05, 4.69) is 56.3 Å². The summed E-state index contributed by atoms with van der Waals surface area (Å²) in [5.74, 6) is 3.70. The summed E-state index contributed by atoms with van der Waals surface area (Å²) >= 11 is 1.82. The third-order valence-electron chi connectivity index (χ3n) is 10.0. The van der Waals surface area contributed by atoms with Gasteiger partial charge in [-0.1, -0.05) is 171 Å². The first-order valence-electron chi connectivity index (χ1n) is 17.8. The summed E-state index contributed by atoms with van der Waals surface area (Å²) in [4.78, 5) is 32.3. The van der Waals surface area contributed by atoms with E-state index in [-0.39, 0.29) is 5.41 Å². The molecule has 9 rings (SSSR count).